The van der Waals surface area contributed by atoms with Crippen LogP contribution >= 0.6 is 11.5 Å². The first kappa shape index (κ1) is 13.1. The summed E-state index contributed by atoms with van der Waals surface area (Å²) in [6, 6.07) is 5.07. The fraction of sp³-hybridized carbons (Fsp3) is 0.273. The van der Waals surface area contributed by atoms with Crippen LogP contribution in [0.15, 0.2) is 22.5 Å². The third-order valence-electron chi connectivity index (χ3n) is 2.69. The minimum absolute atomic E-state index is 0.000447. The highest BCUT2D eigenvalue weighted by atomic mass is 32.2. The Balaban J connectivity index is 1.86. The summed E-state index contributed by atoms with van der Waals surface area (Å²) in [5, 5.41) is 2.70. The molecule has 1 aliphatic rings. The maximum Gasteiger partial charge on any atom is 0.235 e. The lowest BCUT2D eigenvalue weighted by Gasteiger charge is -2.02. The molecule has 0 atom stereocenters. The molecule has 1 aromatic heterocycles. The van der Waals surface area contributed by atoms with Crippen LogP contribution in [0.1, 0.15) is 5.56 Å². The van der Waals surface area contributed by atoms with Gasteiger partial charge in [-0.05, 0) is 17.7 Å². The van der Waals surface area contributed by atoms with E-state index in [0.29, 0.717) is 23.0 Å². The highest BCUT2D eigenvalue weighted by Crippen LogP contribution is 2.33. The normalized spacial score (nSPS) is 13.4. The Hall–Kier alpha value is -1.87. The van der Waals surface area contributed by atoms with Gasteiger partial charge >= 0.3 is 0 Å². The molecule has 1 aromatic carbocycles. The number of hydrogen-bond acceptors (Lipinski definition) is 8. The minimum atomic E-state index is -3.51. The lowest BCUT2D eigenvalue weighted by Crippen LogP contribution is -2.05. The molecule has 1 N–H and O–H groups in total. The van der Waals surface area contributed by atoms with Crippen molar-refractivity contribution in [2.75, 3.05) is 19.2 Å². The number of aromatic nitrogens is 2. The second-order valence-corrected chi connectivity index (χ2v) is 7.00. The Bertz CT molecular complexity index is 742. The average Bonchev–Trinajstić information content (AvgIpc) is 3.06. The Morgan fingerprint density at radius 2 is 2.15 bits per heavy atom. The van der Waals surface area contributed by atoms with Crippen LogP contribution in [0.5, 0.6) is 11.5 Å². The summed E-state index contributed by atoms with van der Waals surface area (Å²) in [6.07, 6.45) is 0. The predicted molar refractivity (Wildman–Crippen MR) is 72.9 cm³/mol. The molecule has 1 aliphatic heterocycles. The number of rotatable bonds is 4. The monoisotopic (exact) mass is 313 g/mol. The third kappa shape index (κ3) is 2.41. The van der Waals surface area contributed by atoms with Crippen molar-refractivity contribution in [3.63, 3.8) is 0 Å². The average molecular weight is 313 g/mol. The van der Waals surface area contributed by atoms with Crippen LogP contribution in [0, 0.1) is 0 Å². The molecule has 0 bridgehead atoms. The Labute approximate surface area is 119 Å². The van der Waals surface area contributed by atoms with Gasteiger partial charge in [0.15, 0.2) is 11.5 Å². The van der Waals surface area contributed by atoms with Gasteiger partial charge in [0.05, 0.1) is 5.75 Å². The van der Waals surface area contributed by atoms with Gasteiger partial charge in [0.1, 0.15) is 0 Å². The summed E-state index contributed by atoms with van der Waals surface area (Å²) < 4.78 is 38.8. The van der Waals surface area contributed by atoms with Crippen molar-refractivity contribution in [3.05, 3.63) is 23.8 Å². The quantitative estimate of drug-likeness (QED) is 0.909. The lowest BCUT2D eigenvalue weighted by molar-refractivity contribution is 0.174. The van der Waals surface area contributed by atoms with E-state index in [1.54, 1.807) is 25.2 Å². The SMILES string of the molecule is CNc1nsc(S(=O)(=O)Cc2ccc3c(c2)OCO3)n1. The van der Waals surface area contributed by atoms with Gasteiger partial charge in [-0.3, -0.25) is 0 Å². The number of nitrogens with zero attached hydrogens (tertiary/aromatic N) is 2. The number of sulfone groups is 1. The van der Waals surface area contributed by atoms with E-state index in [0.717, 1.165) is 11.5 Å². The van der Waals surface area contributed by atoms with Gasteiger partial charge in [0.25, 0.3) is 0 Å². The van der Waals surface area contributed by atoms with Gasteiger partial charge in [-0.2, -0.15) is 9.36 Å². The van der Waals surface area contributed by atoms with Crippen LogP contribution in [-0.2, 0) is 15.6 Å². The first-order valence-electron chi connectivity index (χ1n) is 5.71. The summed E-state index contributed by atoms with van der Waals surface area (Å²) in [7, 11) is -1.88. The van der Waals surface area contributed by atoms with Crippen LogP contribution in [0.25, 0.3) is 0 Å². The maximum atomic E-state index is 12.2. The van der Waals surface area contributed by atoms with Gasteiger partial charge in [-0.25, -0.2) is 8.42 Å². The summed E-state index contributed by atoms with van der Waals surface area (Å²) in [4.78, 5) is 3.92. The van der Waals surface area contributed by atoms with Crippen LogP contribution in [0.4, 0.5) is 5.95 Å². The Kier molecular flexibility index (Phi) is 3.22. The van der Waals surface area contributed by atoms with Crippen molar-refractivity contribution in [1.82, 2.24) is 9.36 Å². The van der Waals surface area contributed by atoms with Crippen molar-refractivity contribution in [2.24, 2.45) is 0 Å². The topological polar surface area (TPSA) is 90.4 Å². The highest BCUT2D eigenvalue weighted by molar-refractivity contribution is 7.92. The van der Waals surface area contributed by atoms with E-state index >= 15 is 0 Å². The van der Waals surface area contributed by atoms with E-state index in [9.17, 15) is 8.42 Å². The van der Waals surface area contributed by atoms with Crippen molar-refractivity contribution >= 4 is 27.3 Å². The lowest BCUT2D eigenvalue weighted by atomic mass is 10.2. The zero-order valence-corrected chi connectivity index (χ0v) is 12.1. The molecule has 2 aromatic rings. The Morgan fingerprint density at radius 3 is 2.90 bits per heavy atom. The van der Waals surface area contributed by atoms with E-state index < -0.39 is 9.84 Å². The van der Waals surface area contributed by atoms with Gasteiger partial charge in [-0.1, -0.05) is 6.07 Å². The zero-order chi connectivity index (χ0) is 14.2. The third-order valence-corrected chi connectivity index (χ3v) is 5.52. The van der Waals surface area contributed by atoms with Gasteiger partial charge in [0, 0.05) is 18.6 Å². The first-order valence-corrected chi connectivity index (χ1v) is 8.14. The largest absolute Gasteiger partial charge is 0.454 e. The molecule has 3 rings (SSSR count). The zero-order valence-electron chi connectivity index (χ0n) is 10.5. The molecule has 0 fully saturated rings. The van der Waals surface area contributed by atoms with Crippen LogP contribution in [-0.4, -0.2) is 31.6 Å². The molecule has 0 radical (unpaired) electrons. The second-order valence-electron chi connectivity index (χ2n) is 4.08. The van der Waals surface area contributed by atoms with Crippen LogP contribution < -0.4 is 14.8 Å². The van der Waals surface area contributed by atoms with E-state index in [1.165, 1.54) is 0 Å². The molecule has 9 heteroatoms. The maximum absolute atomic E-state index is 12.2. The molecule has 0 spiro atoms. The van der Waals surface area contributed by atoms with Crippen molar-refractivity contribution in [2.45, 2.75) is 10.1 Å². The molecule has 0 aliphatic carbocycles. The van der Waals surface area contributed by atoms with Crippen LogP contribution in [0.3, 0.4) is 0 Å². The molecule has 20 heavy (non-hydrogen) atoms. The number of nitrogens with one attached hydrogen (secondary N) is 1. The molecular weight excluding hydrogens is 302 g/mol. The van der Waals surface area contributed by atoms with Gasteiger partial charge < -0.3 is 14.8 Å². The molecule has 0 saturated carbocycles. The van der Waals surface area contributed by atoms with E-state index in [-0.39, 0.29) is 16.9 Å². The summed E-state index contributed by atoms with van der Waals surface area (Å²) in [5.41, 5.74) is 0.621. The van der Waals surface area contributed by atoms with Gasteiger partial charge in [-0.15, -0.1) is 0 Å². The highest BCUT2D eigenvalue weighted by Gasteiger charge is 2.22. The number of hydrogen-bond donors (Lipinski definition) is 1. The van der Waals surface area contributed by atoms with E-state index in [2.05, 4.69) is 14.7 Å². The minimum Gasteiger partial charge on any atom is -0.454 e. The van der Waals surface area contributed by atoms with Crippen molar-refractivity contribution < 1.29 is 17.9 Å². The number of fused-ring (bicyclic) bond motifs is 1. The predicted octanol–water partition coefficient (Wildman–Crippen LogP) is 1.28. The molecule has 0 amide bonds. The molecule has 2 heterocycles. The molecule has 7 nitrogen and oxygen atoms in total. The molecule has 0 unspecified atom stereocenters. The van der Waals surface area contributed by atoms with E-state index in [4.69, 9.17) is 9.47 Å². The number of anilines is 1. The Morgan fingerprint density at radius 1 is 1.35 bits per heavy atom. The molecule has 106 valence electrons. The summed E-state index contributed by atoms with van der Waals surface area (Å²) in [5.74, 6) is 1.34. The summed E-state index contributed by atoms with van der Waals surface area (Å²) in [6.45, 7) is 0.160. The fourth-order valence-corrected chi connectivity index (χ4v) is 3.88. The molecular formula is C11H11N3O4S2. The first-order chi connectivity index (χ1) is 9.58. The van der Waals surface area contributed by atoms with Crippen molar-refractivity contribution in [3.8, 4) is 11.5 Å². The smallest absolute Gasteiger partial charge is 0.235 e. The standard InChI is InChI=1S/C11H11N3O4S2/c1-12-10-13-11(19-14-10)20(15,16)5-7-2-3-8-9(4-7)18-6-17-8/h2-4H,5-6H2,1H3,(H,12,14). The van der Waals surface area contributed by atoms with Crippen LogP contribution in [0.2, 0.25) is 0 Å². The van der Waals surface area contributed by atoms with E-state index in [1.807, 2.05) is 0 Å². The van der Waals surface area contributed by atoms with Gasteiger partial charge in [0.2, 0.25) is 26.9 Å². The second kappa shape index (κ2) is 4.91. The number of ether oxygens (including phenoxy) is 2. The van der Waals surface area contributed by atoms with Crippen molar-refractivity contribution in [1.29, 1.82) is 0 Å². The molecule has 0 saturated heterocycles. The fourth-order valence-electron chi connectivity index (χ4n) is 1.75. The summed E-state index contributed by atoms with van der Waals surface area (Å²) >= 11 is 0.858. The number of benzene rings is 1.